The van der Waals surface area contributed by atoms with Gasteiger partial charge in [0, 0.05) is 43.8 Å². The highest BCUT2D eigenvalue weighted by atomic mass is 127. The van der Waals surface area contributed by atoms with Gasteiger partial charge in [0.15, 0.2) is 5.96 Å². The first kappa shape index (κ1) is 21.0. The van der Waals surface area contributed by atoms with E-state index in [1.54, 1.807) is 11.3 Å². The third-order valence-electron chi connectivity index (χ3n) is 4.63. The number of anilines is 1. The molecule has 0 radical (unpaired) electrons. The largest absolute Gasteiger partial charge is 0.368 e. The number of guanidine groups is 1. The standard InChI is InChI=1S/C19H27N5S.HI/c1-14-6-5-7-17(12-14)23-8-10-24(11-9-23)19(20-4)21-13-18-22-15(2)16(3)25-18;/h5-7,12H,8-11,13H2,1-4H3,(H,20,21);1H. The number of hydrogen-bond acceptors (Lipinski definition) is 4. The fourth-order valence-corrected chi connectivity index (χ4v) is 3.98. The summed E-state index contributed by atoms with van der Waals surface area (Å²) in [6.45, 7) is 11.1. The lowest BCUT2D eigenvalue weighted by Crippen LogP contribution is -2.52. The van der Waals surface area contributed by atoms with Crippen LogP contribution in [0.15, 0.2) is 29.3 Å². The minimum atomic E-state index is 0. The third-order valence-corrected chi connectivity index (χ3v) is 5.70. The van der Waals surface area contributed by atoms with Gasteiger partial charge in [0.25, 0.3) is 0 Å². The van der Waals surface area contributed by atoms with Crippen LogP contribution in [0.5, 0.6) is 0 Å². The van der Waals surface area contributed by atoms with Crippen molar-refractivity contribution in [2.75, 3.05) is 38.1 Å². The van der Waals surface area contributed by atoms with Gasteiger partial charge in [-0.2, -0.15) is 0 Å². The van der Waals surface area contributed by atoms with Gasteiger partial charge >= 0.3 is 0 Å². The molecule has 26 heavy (non-hydrogen) atoms. The van der Waals surface area contributed by atoms with Crippen molar-refractivity contribution in [3.63, 3.8) is 0 Å². The van der Waals surface area contributed by atoms with Crippen molar-refractivity contribution in [2.24, 2.45) is 4.99 Å². The minimum Gasteiger partial charge on any atom is -0.368 e. The molecule has 5 nitrogen and oxygen atoms in total. The highest BCUT2D eigenvalue weighted by Crippen LogP contribution is 2.18. The number of benzene rings is 1. The van der Waals surface area contributed by atoms with E-state index in [2.05, 4.69) is 70.1 Å². The highest BCUT2D eigenvalue weighted by Gasteiger charge is 2.20. The van der Waals surface area contributed by atoms with E-state index in [0.29, 0.717) is 0 Å². The van der Waals surface area contributed by atoms with E-state index < -0.39 is 0 Å². The molecule has 2 aromatic rings. The number of piperazine rings is 1. The normalized spacial score (nSPS) is 15.0. The second-order valence-electron chi connectivity index (χ2n) is 6.46. The van der Waals surface area contributed by atoms with Crippen LogP contribution in [0.2, 0.25) is 0 Å². The van der Waals surface area contributed by atoms with Crippen molar-refractivity contribution in [1.29, 1.82) is 0 Å². The summed E-state index contributed by atoms with van der Waals surface area (Å²) in [5.74, 6) is 0.967. The van der Waals surface area contributed by atoms with Gasteiger partial charge in [0.1, 0.15) is 5.01 Å². The van der Waals surface area contributed by atoms with Gasteiger partial charge in [-0.1, -0.05) is 12.1 Å². The quantitative estimate of drug-likeness (QED) is 0.410. The average molecular weight is 485 g/mol. The zero-order valence-corrected chi connectivity index (χ0v) is 19.1. The summed E-state index contributed by atoms with van der Waals surface area (Å²) in [7, 11) is 1.85. The van der Waals surface area contributed by atoms with Gasteiger partial charge in [-0.15, -0.1) is 35.3 Å². The number of aromatic nitrogens is 1. The van der Waals surface area contributed by atoms with Crippen LogP contribution in [0.25, 0.3) is 0 Å². The Morgan fingerprint density at radius 2 is 1.92 bits per heavy atom. The summed E-state index contributed by atoms with van der Waals surface area (Å²) in [6.07, 6.45) is 0. The molecular weight excluding hydrogens is 457 g/mol. The van der Waals surface area contributed by atoms with E-state index in [4.69, 9.17) is 0 Å². The van der Waals surface area contributed by atoms with E-state index in [1.807, 2.05) is 7.05 Å². The molecule has 1 aromatic heterocycles. The Labute approximate surface area is 177 Å². The van der Waals surface area contributed by atoms with Crippen LogP contribution in [0, 0.1) is 20.8 Å². The molecule has 0 aliphatic carbocycles. The summed E-state index contributed by atoms with van der Waals surface area (Å²) in [6, 6.07) is 8.74. The van der Waals surface area contributed by atoms with Crippen LogP contribution in [-0.2, 0) is 6.54 Å². The molecule has 1 aliphatic rings. The number of nitrogens with zero attached hydrogens (tertiary/aromatic N) is 4. The summed E-state index contributed by atoms with van der Waals surface area (Å²) >= 11 is 1.76. The van der Waals surface area contributed by atoms with E-state index in [-0.39, 0.29) is 24.0 Å². The number of aryl methyl sites for hydroxylation is 3. The lowest BCUT2D eigenvalue weighted by molar-refractivity contribution is 0.372. The molecule has 1 N–H and O–H groups in total. The van der Waals surface area contributed by atoms with E-state index in [1.165, 1.54) is 16.1 Å². The maximum atomic E-state index is 4.60. The van der Waals surface area contributed by atoms with Gasteiger partial charge in [0.2, 0.25) is 0 Å². The SMILES string of the molecule is CN=C(NCc1nc(C)c(C)s1)N1CCN(c2cccc(C)c2)CC1.I. The molecule has 1 aliphatic heterocycles. The summed E-state index contributed by atoms with van der Waals surface area (Å²) in [5.41, 5.74) is 3.76. The molecule has 0 spiro atoms. The number of aliphatic imine (C=N–C) groups is 1. The predicted molar refractivity (Wildman–Crippen MR) is 122 cm³/mol. The molecule has 142 valence electrons. The van der Waals surface area contributed by atoms with Crippen LogP contribution in [0.3, 0.4) is 0 Å². The molecule has 2 heterocycles. The van der Waals surface area contributed by atoms with Gasteiger partial charge < -0.3 is 15.1 Å². The zero-order valence-electron chi connectivity index (χ0n) is 16.0. The van der Waals surface area contributed by atoms with Crippen molar-refractivity contribution in [3.8, 4) is 0 Å². The number of nitrogens with one attached hydrogen (secondary N) is 1. The maximum Gasteiger partial charge on any atom is 0.194 e. The Bertz CT molecular complexity index is 731. The Morgan fingerprint density at radius 1 is 1.19 bits per heavy atom. The molecule has 1 fully saturated rings. The number of halogens is 1. The first-order chi connectivity index (χ1) is 12.1. The lowest BCUT2D eigenvalue weighted by Gasteiger charge is -2.37. The van der Waals surface area contributed by atoms with E-state index in [0.717, 1.165) is 49.4 Å². The van der Waals surface area contributed by atoms with Crippen LogP contribution in [0.1, 0.15) is 21.1 Å². The Morgan fingerprint density at radius 3 is 2.50 bits per heavy atom. The van der Waals surface area contributed by atoms with Crippen LogP contribution in [0.4, 0.5) is 5.69 Å². The Hall–Kier alpha value is -1.35. The molecule has 0 saturated carbocycles. The zero-order chi connectivity index (χ0) is 17.8. The van der Waals surface area contributed by atoms with Crippen molar-refractivity contribution in [3.05, 3.63) is 45.4 Å². The van der Waals surface area contributed by atoms with Crippen molar-refractivity contribution in [2.45, 2.75) is 27.3 Å². The first-order valence-electron chi connectivity index (χ1n) is 8.77. The molecule has 0 amide bonds. The molecule has 1 saturated heterocycles. The fourth-order valence-electron chi connectivity index (χ4n) is 3.10. The van der Waals surface area contributed by atoms with E-state index >= 15 is 0 Å². The smallest absolute Gasteiger partial charge is 0.194 e. The molecule has 0 bridgehead atoms. The molecule has 1 aromatic carbocycles. The Balaban J connectivity index is 0.00000243. The van der Waals surface area contributed by atoms with E-state index in [9.17, 15) is 0 Å². The average Bonchev–Trinajstić information content (AvgIpc) is 2.94. The second kappa shape index (κ2) is 9.55. The van der Waals surface area contributed by atoms with Crippen molar-refractivity contribution < 1.29 is 0 Å². The van der Waals surface area contributed by atoms with Gasteiger partial charge in [-0.05, 0) is 38.5 Å². The summed E-state index contributed by atoms with van der Waals surface area (Å²) in [5, 5.41) is 4.58. The number of hydrogen-bond donors (Lipinski definition) is 1. The fraction of sp³-hybridized carbons (Fsp3) is 0.474. The number of rotatable bonds is 3. The Kier molecular flexibility index (Phi) is 7.69. The molecule has 0 atom stereocenters. The highest BCUT2D eigenvalue weighted by molar-refractivity contribution is 14.0. The molecule has 0 unspecified atom stereocenters. The summed E-state index contributed by atoms with van der Waals surface area (Å²) < 4.78 is 0. The molecule has 3 rings (SSSR count). The van der Waals surface area contributed by atoms with Crippen molar-refractivity contribution in [1.82, 2.24) is 15.2 Å². The second-order valence-corrected chi connectivity index (χ2v) is 7.75. The third kappa shape index (κ3) is 5.09. The van der Waals surface area contributed by atoms with Gasteiger partial charge in [-0.25, -0.2) is 4.98 Å². The monoisotopic (exact) mass is 485 g/mol. The molecule has 7 heteroatoms. The minimum absolute atomic E-state index is 0. The van der Waals surface area contributed by atoms with Crippen LogP contribution >= 0.6 is 35.3 Å². The van der Waals surface area contributed by atoms with Crippen LogP contribution in [-0.4, -0.2) is 49.1 Å². The maximum absolute atomic E-state index is 4.60. The van der Waals surface area contributed by atoms with Crippen LogP contribution < -0.4 is 10.2 Å². The predicted octanol–water partition coefficient (Wildman–Crippen LogP) is 3.58. The molecular formula is C19H28IN5S. The van der Waals surface area contributed by atoms with Gasteiger partial charge in [-0.3, -0.25) is 4.99 Å². The summed E-state index contributed by atoms with van der Waals surface area (Å²) in [4.78, 5) is 15.1. The van der Waals surface area contributed by atoms with Gasteiger partial charge in [0.05, 0.1) is 12.2 Å². The first-order valence-corrected chi connectivity index (χ1v) is 9.58. The topological polar surface area (TPSA) is 43.8 Å². The van der Waals surface area contributed by atoms with Crippen molar-refractivity contribution >= 4 is 47.0 Å². The lowest BCUT2D eigenvalue weighted by atomic mass is 10.2. The number of thiazole rings is 1.